The van der Waals surface area contributed by atoms with Crippen LogP contribution in [0.4, 0.5) is 0 Å². The predicted molar refractivity (Wildman–Crippen MR) is 145 cm³/mol. The van der Waals surface area contributed by atoms with Gasteiger partial charge in [-0.1, -0.05) is 48.5 Å². The van der Waals surface area contributed by atoms with Crippen LogP contribution in [-0.4, -0.2) is 73.3 Å². The average Bonchev–Trinajstić information content (AvgIpc) is 3.10. The maximum atomic E-state index is 11.4. The van der Waals surface area contributed by atoms with Crippen LogP contribution >= 0.6 is 0 Å². The summed E-state index contributed by atoms with van der Waals surface area (Å²) >= 11 is 0. The first-order chi connectivity index (χ1) is 16.1. The molecule has 2 rings (SSSR count). The van der Waals surface area contributed by atoms with E-state index >= 15 is 0 Å². The van der Waals surface area contributed by atoms with Crippen LogP contribution in [0.3, 0.4) is 0 Å². The maximum Gasteiger partial charge on any atom is 0.192 e. The lowest BCUT2D eigenvalue weighted by molar-refractivity contribution is -0.341. The Hall–Kier alpha value is -0.0631. The molecule has 8 heteroatoms. The van der Waals surface area contributed by atoms with Gasteiger partial charge in [-0.3, -0.25) is 0 Å². The fourth-order valence-electron chi connectivity index (χ4n) is 5.37. The smallest absolute Gasteiger partial charge is 0.192 e. The Bertz CT molecular complexity index is 719. The van der Waals surface area contributed by atoms with Crippen LogP contribution in [0.5, 0.6) is 0 Å². The number of ether oxygens (including phenoxy) is 4. The molecule has 0 aromatic heterocycles. The van der Waals surface area contributed by atoms with Crippen molar-refractivity contribution in [1.82, 2.24) is 0 Å². The minimum atomic E-state index is -1.94. The molecule has 2 aliphatic heterocycles. The van der Waals surface area contributed by atoms with E-state index in [2.05, 4.69) is 54.6 Å². The molecule has 2 saturated heterocycles. The molecule has 0 bridgehead atoms. The summed E-state index contributed by atoms with van der Waals surface area (Å²) in [6, 6.07) is 0. The average molecular weight is 533 g/mol. The number of aliphatic hydroxyl groups is 2. The standard InChI is InChI=1S/C28H56O7Si/c1-16(20(5)35-36(13,14)26(6,7)8)24-19(4)25(34-28(11,12)33-24)18(3)22(29)17(2)23(30)21-15-31-27(9,10)32-21/h16-25,29-30H,15H2,1-14H3/t16-,17-,18+,19+,20-,21+,22-,23+,24-,25+/m0/s1. The molecular formula is C28H56O7Si. The van der Waals surface area contributed by atoms with Gasteiger partial charge in [0.2, 0.25) is 0 Å². The third-order valence-corrected chi connectivity index (χ3v) is 13.5. The highest BCUT2D eigenvalue weighted by molar-refractivity contribution is 6.74. The summed E-state index contributed by atoms with van der Waals surface area (Å²) < 4.78 is 31.1. The van der Waals surface area contributed by atoms with Gasteiger partial charge in [0.05, 0.1) is 31.0 Å². The van der Waals surface area contributed by atoms with Gasteiger partial charge in [-0.05, 0) is 52.8 Å². The van der Waals surface area contributed by atoms with E-state index in [-0.39, 0.29) is 41.1 Å². The van der Waals surface area contributed by atoms with E-state index in [0.29, 0.717) is 6.61 Å². The highest BCUT2D eigenvalue weighted by Gasteiger charge is 2.50. The van der Waals surface area contributed by atoms with Crippen molar-refractivity contribution < 1.29 is 33.6 Å². The number of hydrogen-bond acceptors (Lipinski definition) is 7. The molecule has 2 aliphatic rings. The first-order valence-corrected chi connectivity index (χ1v) is 16.7. The maximum absolute atomic E-state index is 11.4. The fraction of sp³-hybridized carbons (Fsp3) is 1.00. The minimum Gasteiger partial charge on any atom is -0.414 e. The van der Waals surface area contributed by atoms with Crippen LogP contribution in [0.15, 0.2) is 0 Å². The van der Waals surface area contributed by atoms with E-state index in [1.807, 2.05) is 41.5 Å². The van der Waals surface area contributed by atoms with Crippen molar-refractivity contribution in [3.8, 4) is 0 Å². The summed E-state index contributed by atoms with van der Waals surface area (Å²) in [4.78, 5) is 0. The predicted octanol–water partition coefficient (Wildman–Crippen LogP) is 5.33. The Morgan fingerprint density at radius 2 is 1.36 bits per heavy atom. The number of rotatable bonds is 9. The van der Waals surface area contributed by atoms with Crippen LogP contribution in [0.1, 0.15) is 83.1 Å². The van der Waals surface area contributed by atoms with Crippen LogP contribution in [0.25, 0.3) is 0 Å². The van der Waals surface area contributed by atoms with Gasteiger partial charge < -0.3 is 33.6 Å². The van der Waals surface area contributed by atoms with Crippen molar-refractivity contribution in [2.75, 3.05) is 6.61 Å². The van der Waals surface area contributed by atoms with Crippen molar-refractivity contribution >= 4 is 8.32 Å². The molecule has 2 heterocycles. The third kappa shape index (κ3) is 7.32. The quantitative estimate of drug-likeness (QED) is 0.388. The van der Waals surface area contributed by atoms with Crippen LogP contribution in [0.2, 0.25) is 18.1 Å². The zero-order valence-electron chi connectivity index (χ0n) is 25.4. The summed E-state index contributed by atoms with van der Waals surface area (Å²) in [6.07, 6.45) is -2.42. The number of aliphatic hydroxyl groups excluding tert-OH is 2. The van der Waals surface area contributed by atoms with Crippen molar-refractivity contribution in [3.05, 3.63) is 0 Å². The normalized spacial score (nSPS) is 34.0. The first kappa shape index (κ1) is 32.2. The molecule has 2 fully saturated rings. The van der Waals surface area contributed by atoms with Crippen LogP contribution in [0, 0.1) is 23.7 Å². The van der Waals surface area contributed by atoms with E-state index in [1.165, 1.54) is 0 Å². The Morgan fingerprint density at radius 3 is 1.81 bits per heavy atom. The second-order valence-electron chi connectivity index (χ2n) is 13.9. The zero-order valence-corrected chi connectivity index (χ0v) is 26.4. The molecule has 0 aliphatic carbocycles. The highest BCUT2D eigenvalue weighted by atomic mass is 28.4. The van der Waals surface area contributed by atoms with Gasteiger partial charge in [-0.15, -0.1) is 0 Å². The van der Waals surface area contributed by atoms with E-state index in [1.54, 1.807) is 0 Å². The molecule has 0 aromatic carbocycles. The van der Waals surface area contributed by atoms with E-state index in [9.17, 15) is 10.2 Å². The lowest BCUT2D eigenvalue weighted by atomic mass is 9.76. The zero-order chi connectivity index (χ0) is 28.0. The third-order valence-electron chi connectivity index (χ3n) is 8.97. The molecule has 0 aromatic rings. The van der Waals surface area contributed by atoms with Crippen molar-refractivity contribution in [1.29, 1.82) is 0 Å². The van der Waals surface area contributed by atoms with E-state index < -0.39 is 44.1 Å². The van der Waals surface area contributed by atoms with Crippen LogP contribution < -0.4 is 0 Å². The second-order valence-corrected chi connectivity index (χ2v) is 18.7. The van der Waals surface area contributed by atoms with Crippen molar-refractivity contribution in [2.24, 2.45) is 23.7 Å². The molecule has 2 N–H and O–H groups in total. The van der Waals surface area contributed by atoms with Gasteiger partial charge in [0.1, 0.15) is 6.10 Å². The molecule has 0 radical (unpaired) electrons. The Labute approximate surface area is 221 Å². The molecule has 0 spiro atoms. The van der Waals surface area contributed by atoms with Gasteiger partial charge in [0.25, 0.3) is 0 Å². The second kappa shape index (κ2) is 11.2. The minimum absolute atomic E-state index is 0.0248. The molecule has 0 saturated carbocycles. The lowest BCUT2D eigenvalue weighted by Crippen LogP contribution is -2.58. The SMILES string of the molecule is C[C@@H]1[C@H]([C@@H](C)[C@H](C)O[Si](C)(C)C(C)(C)C)OC(C)(C)O[C@@H]1[C@H](C)[C@@H](O)[C@H](C)[C@@H](O)[C@H]1COC(C)(C)O1. The van der Waals surface area contributed by atoms with Gasteiger partial charge in [0.15, 0.2) is 19.9 Å². The monoisotopic (exact) mass is 532 g/mol. The molecule has 0 amide bonds. The fourth-order valence-corrected chi connectivity index (χ4v) is 6.87. The molecular weight excluding hydrogens is 476 g/mol. The molecule has 36 heavy (non-hydrogen) atoms. The summed E-state index contributed by atoms with van der Waals surface area (Å²) in [5.41, 5.74) is 0. The van der Waals surface area contributed by atoms with Gasteiger partial charge in [0, 0.05) is 29.8 Å². The Morgan fingerprint density at radius 1 is 0.861 bits per heavy atom. The van der Waals surface area contributed by atoms with Gasteiger partial charge >= 0.3 is 0 Å². The Kier molecular flexibility index (Phi) is 10.0. The molecule has 10 atom stereocenters. The first-order valence-electron chi connectivity index (χ1n) is 13.8. The Balaban J connectivity index is 2.16. The largest absolute Gasteiger partial charge is 0.414 e. The molecule has 214 valence electrons. The van der Waals surface area contributed by atoms with Gasteiger partial charge in [-0.25, -0.2) is 0 Å². The van der Waals surface area contributed by atoms with Crippen LogP contribution in [-0.2, 0) is 23.4 Å². The van der Waals surface area contributed by atoms with Crippen molar-refractivity contribution in [3.63, 3.8) is 0 Å². The molecule has 0 unspecified atom stereocenters. The summed E-state index contributed by atoms with van der Waals surface area (Å²) in [5, 5.41) is 22.5. The summed E-state index contributed by atoms with van der Waals surface area (Å²) in [7, 11) is -1.94. The van der Waals surface area contributed by atoms with E-state index in [4.69, 9.17) is 23.4 Å². The lowest BCUT2D eigenvalue weighted by Gasteiger charge is -2.51. The summed E-state index contributed by atoms with van der Waals surface area (Å²) in [6.45, 7) is 29.5. The number of hydrogen-bond donors (Lipinski definition) is 2. The molecule has 7 nitrogen and oxygen atoms in total. The topological polar surface area (TPSA) is 86.6 Å². The summed E-state index contributed by atoms with van der Waals surface area (Å²) in [5.74, 6) is -2.00. The van der Waals surface area contributed by atoms with E-state index in [0.717, 1.165) is 0 Å². The van der Waals surface area contributed by atoms with Crippen molar-refractivity contribution in [2.45, 2.75) is 149 Å². The highest BCUT2D eigenvalue weighted by Crippen LogP contribution is 2.43. The van der Waals surface area contributed by atoms with Gasteiger partial charge in [-0.2, -0.15) is 0 Å².